The summed E-state index contributed by atoms with van der Waals surface area (Å²) in [7, 11) is 0. The van der Waals surface area contributed by atoms with Gasteiger partial charge in [-0.25, -0.2) is 0 Å². The van der Waals surface area contributed by atoms with Gasteiger partial charge in [0.2, 0.25) is 0 Å². The Labute approximate surface area is 143 Å². The van der Waals surface area contributed by atoms with Crippen LogP contribution in [0.5, 0.6) is 5.75 Å². The zero-order chi connectivity index (χ0) is 16.8. The number of ether oxygens (including phenoxy) is 1. The summed E-state index contributed by atoms with van der Waals surface area (Å²) in [6, 6.07) is 16.5. The van der Waals surface area contributed by atoms with Crippen molar-refractivity contribution in [3.05, 3.63) is 77.1 Å². The van der Waals surface area contributed by atoms with E-state index in [0.717, 1.165) is 30.8 Å². The van der Waals surface area contributed by atoms with Crippen LogP contribution < -0.4 is 4.74 Å². The quantitative estimate of drug-likeness (QED) is 0.661. The van der Waals surface area contributed by atoms with Crippen molar-refractivity contribution < 1.29 is 4.74 Å². The van der Waals surface area contributed by atoms with Crippen molar-refractivity contribution in [3.8, 4) is 5.75 Å². The molecule has 0 spiro atoms. The van der Waals surface area contributed by atoms with E-state index in [4.69, 9.17) is 4.74 Å². The van der Waals surface area contributed by atoms with Gasteiger partial charge < -0.3 is 4.74 Å². The molecule has 0 saturated heterocycles. The number of hydrogen-bond acceptors (Lipinski definition) is 3. The van der Waals surface area contributed by atoms with Crippen LogP contribution in [0.1, 0.15) is 29.3 Å². The summed E-state index contributed by atoms with van der Waals surface area (Å²) in [5.41, 5.74) is 4.80. The third-order valence-corrected chi connectivity index (χ3v) is 4.12. The first-order valence-electron chi connectivity index (χ1n) is 8.40. The zero-order valence-corrected chi connectivity index (χ0v) is 14.3. The topological polar surface area (TPSA) is 39.9 Å². The molecule has 1 heterocycles. The van der Waals surface area contributed by atoms with Crippen molar-refractivity contribution >= 4 is 0 Å². The Hall–Kier alpha value is -2.62. The average molecular weight is 321 g/mol. The lowest BCUT2D eigenvalue weighted by atomic mass is 10.0. The van der Waals surface area contributed by atoms with Gasteiger partial charge in [0.05, 0.1) is 5.69 Å². The maximum atomic E-state index is 5.88. The molecule has 3 aromatic rings. The van der Waals surface area contributed by atoms with E-state index in [2.05, 4.69) is 48.4 Å². The van der Waals surface area contributed by atoms with Gasteiger partial charge in [-0.15, -0.1) is 5.10 Å². The first-order chi connectivity index (χ1) is 11.7. The predicted molar refractivity (Wildman–Crippen MR) is 95.1 cm³/mol. The van der Waals surface area contributed by atoms with E-state index >= 15 is 0 Å². The SMILES string of the molecule is CCn1cc(CCc2ccc(OCc3ccccc3)cc2C)nn1. The molecule has 0 atom stereocenters. The molecule has 0 bridgehead atoms. The molecule has 0 unspecified atom stereocenters. The van der Waals surface area contributed by atoms with Crippen molar-refractivity contribution in [1.29, 1.82) is 0 Å². The normalized spacial score (nSPS) is 10.8. The van der Waals surface area contributed by atoms with Gasteiger partial charge in [0.1, 0.15) is 12.4 Å². The number of nitrogens with zero attached hydrogens (tertiary/aromatic N) is 3. The molecule has 3 rings (SSSR count). The Bertz CT molecular complexity index is 781. The largest absolute Gasteiger partial charge is 0.489 e. The highest BCUT2D eigenvalue weighted by atomic mass is 16.5. The molecule has 4 heteroatoms. The van der Waals surface area contributed by atoms with Crippen molar-refractivity contribution in [2.24, 2.45) is 0 Å². The van der Waals surface area contributed by atoms with Gasteiger partial charge in [0, 0.05) is 12.7 Å². The molecule has 2 aromatic carbocycles. The van der Waals surface area contributed by atoms with Gasteiger partial charge in [-0.1, -0.05) is 41.6 Å². The van der Waals surface area contributed by atoms with Crippen LogP contribution in [0.4, 0.5) is 0 Å². The highest BCUT2D eigenvalue weighted by molar-refractivity contribution is 5.35. The molecule has 0 aliphatic heterocycles. The molecule has 0 saturated carbocycles. The standard InChI is InChI=1S/C20H23N3O/c1-3-23-14-19(21-22-23)11-9-18-10-12-20(13-16(18)2)24-15-17-7-5-4-6-8-17/h4-8,10,12-14H,3,9,11,15H2,1-2H3. The second-order valence-corrected chi connectivity index (χ2v) is 5.93. The Morgan fingerprint density at radius 2 is 1.88 bits per heavy atom. The lowest BCUT2D eigenvalue weighted by molar-refractivity contribution is 0.306. The summed E-state index contributed by atoms with van der Waals surface area (Å²) < 4.78 is 7.75. The van der Waals surface area contributed by atoms with Crippen molar-refractivity contribution in [2.45, 2.75) is 39.8 Å². The van der Waals surface area contributed by atoms with Crippen LogP contribution in [0.3, 0.4) is 0 Å². The number of hydrogen-bond donors (Lipinski definition) is 0. The van der Waals surface area contributed by atoms with Gasteiger partial charge in [0.15, 0.2) is 0 Å². The fourth-order valence-corrected chi connectivity index (χ4v) is 2.65. The minimum atomic E-state index is 0.597. The molecule has 0 radical (unpaired) electrons. The minimum Gasteiger partial charge on any atom is -0.489 e. The Morgan fingerprint density at radius 3 is 2.58 bits per heavy atom. The highest BCUT2D eigenvalue weighted by Crippen LogP contribution is 2.20. The molecular weight excluding hydrogens is 298 g/mol. The van der Waals surface area contributed by atoms with Crippen LogP contribution in [0, 0.1) is 6.92 Å². The van der Waals surface area contributed by atoms with Gasteiger partial charge in [-0.05, 0) is 55.5 Å². The van der Waals surface area contributed by atoms with Crippen LogP contribution in [0.15, 0.2) is 54.7 Å². The molecule has 0 N–H and O–H groups in total. The third kappa shape index (κ3) is 4.22. The van der Waals surface area contributed by atoms with E-state index < -0.39 is 0 Å². The monoisotopic (exact) mass is 321 g/mol. The van der Waals surface area contributed by atoms with Crippen molar-refractivity contribution in [2.75, 3.05) is 0 Å². The fourth-order valence-electron chi connectivity index (χ4n) is 2.65. The van der Waals surface area contributed by atoms with E-state index in [1.165, 1.54) is 16.7 Å². The Morgan fingerprint density at radius 1 is 1.04 bits per heavy atom. The Balaban J connectivity index is 1.57. The first kappa shape index (κ1) is 16.2. The molecule has 0 amide bonds. The molecule has 4 nitrogen and oxygen atoms in total. The van der Waals surface area contributed by atoms with Crippen LogP contribution in [-0.4, -0.2) is 15.0 Å². The lowest BCUT2D eigenvalue weighted by Crippen LogP contribution is -1.98. The summed E-state index contributed by atoms with van der Waals surface area (Å²) in [6.45, 7) is 5.66. The second-order valence-electron chi connectivity index (χ2n) is 5.93. The van der Waals surface area contributed by atoms with Crippen molar-refractivity contribution in [3.63, 3.8) is 0 Å². The molecule has 24 heavy (non-hydrogen) atoms. The number of benzene rings is 2. The average Bonchev–Trinajstić information content (AvgIpc) is 3.08. The molecule has 0 aliphatic rings. The first-order valence-corrected chi connectivity index (χ1v) is 8.40. The lowest BCUT2D eigenvalue weighted by Gasteiger charge is -2.10. The van der Waals surface area contributed by atoms with Gasteiger partial charge in [-0.3, -0.25) is 4.68 Å². The molecule has 0 fully saturated rings. The van der Waals surface area contributed by atoms with E-state index in [1.807, 2.05) is 35.1 Å². The van der Waals surface area contributed by atoms with E-state index in [1.54, 1.807) is 0 Å². The van der Waals surface area contributed by atoms with Crippen LogP contribution in [0.25, 0.3) is 0 Å². The van der Waals surface area contributed by atoms with E-state index in [0.29, 0.717) is 6.61 Å². The summed E-state index contributed by atoms with van der Waals surface area (Å²) in [6.07, 6.45) is 3.89. The minimum absolute atomic E-state index is 0.597. The van der Waals surface area contributed by atoms with Crippen molar-refractivity contribution in [1.82, 2.24) is 15.0 Å². The van der Waals surface area contributed by atoms with E-state index in [-0.39, 0.29) is 0 Å². The highest BCUT2D eigenvalue weighted by Gasteiger charge is 2.05. The molecule has 1 aromatic heterocycles. The molecule has 124 valence electrons. The number of rotatable bonds is 7. The maximum Gasteiger partial charge on any atom is 0.120 e. The summed E-state index contributed by atoms with van der Waals surface area (Å²) >= 11 is 0. The van der Waals surface area contributed by atoms with Gasteiger partial charge in [0.25, 0.3) is 0 Å². The smallest absolute Gasteiger partial charge is 0.120 e. The van der Waals surface area contributed by atoms with Crippen LogP contribution in [-0.2, 0) is 26.0 Å². The third-order valence-electron chi connectivity index (χ3n) is 4.12. The fraction of sp³-hybridized carbons (Fsp3) is 0.300. The van der Waals surface area contributed by atoms with E-state index in [9.17, 15) is 0 Å². The second kappa shape index (κ2) is 7.77. The van der Waals surface area contributed by atoms with Crippen LogP contribution in [0.2, 0.25) is 0 Å². The number of aryl methyl sites for hydroxylation is 4. The van der Waals surface area contributed by atoms with Crippen LogP contribution >= 0.6 is 0 Å². The predicted octanol–water partition coefficient (Wildman–Crippen LogP) is 3.97. The Kier molecular flexibility index (Phi) is 5.26. The molecular formula is C20H23N3O. The molecule has 0 aliphatic carbocycles. The zero-order valence-electron chi connectivity index (χ0n) is 14.3. The maximum absolute atomic E-state index is 5.88. The number of aromatic nitrogens is 3. The van der Waals surface area contributed by atoms with Gasteiger partial charge in [-0.2, -0.15) is 0 Å². The van der Waals surface area contributed by atoms with Gasteiger partial charge >= 0.3 is 0 Å². The summed E-state index contributed by atoms with van der Waals surface area (Å²) in [5, 5.41) is 8.28. The summed E-state index contributed by atoms with van der Waals surface area (Å²) in [5.74, 6) is 0.914. The summed E-state index contributed by atoms with van der Waals surface area (Å²) in [4.78, 5) is 0.